The number of aromatic hydroxyl groups is 1. The lowest BCUT2D eigenvalue weighted by Gasteiger charge is -2.37. The van der Waals surface area contributed by atoms with E-state index in [1.807, 2.05) is 18.9 Å². The fourth-order valence-electron chi connectivity index (χ4n) is 4.18. The van der Waals surface area contributed by atoms with E-state index in [1.165, 1.54) is 12.1 Å². The molecule has 0 aliphatic carbocycles. The Morgan fingerprint density at radius 3 is 2.44 bits per heavy atom. The van der Waals surface area contributed by atoms with Crippen molar-refractivity contribution in [2.75, 3.05) is 13.7 Å². The van der Waals surface area contributed by atoms with Gasteiger partial charge >= 0.3 is 6.09 Å². The molecule has 0 radical (unpaired) electrons. The molecular weight excluding hydrogens is 456 g/mol. The molecule has 1 heterocycles. The van der Waals surface area contributed by atoms with Gasteiger partial charge in [0.25, 0.3) is 10.0 Å². The largest absolute Gasteiger partial charge is 0.508 e. The first-order valence-corrected chi connectivity index (χ1v) is 12.4. The topological polar surface area (TPSA) is 128 Å². The Hall–Kier alpha value is -3.11. The molecule has 0 saturated carbocycles. The second-order valence-corrected chi connectivity index (χ2v) is 11.3. The maximum absolute atomic E-state index is 13.4. The summed E-state index contributed by atoms with van der Waals surface area (Å²) in [4.78, 5) is 13.2. The SMILES string of the molecule is Cc1ccc(S(=O)(=O)n2nc(CN(C)C(CCOC(N)=O)C(C)(C)C)c3cc(O)ccc32)cc1. The number of phenols is 1. The molecule has 1 unspecified atom stereocenters. The van der Waals surface area contributed by atoms with E-state index in [0.717, 1.165) is 9.65 Å². The average Bonchev–Trinajstić information content (AvgIpc) is 3.08. The van der Waals surface area contributed by atoms with Gasteiger partial charge in [-0.15, -0.1) is 0 Å². The predicted octanol–water partition coefficient (Wildman–Crippen LogP) is 3.62. The summed E-state index contributed by atoms with van der Waals surface area (Å²) >= 11 is 0. The minimum atomic E-state index is -3.95. The minimum absolute atomic E-state index is 0.0194. The summed E-state index contributed by atoms with van der Waals surface area (Å²) in [6, 6.07) is 11.1. The summed E-state index contributed by atoms with van der Waals surface area (Å²) in [5.74, 6) is 0.0194. The Balaban J connectivity index is 2.01. The van der Waals surface area contributed by atoms with Gasteiger partial charge in [0.2, 0.25) is 0 Å². The van der Waals surface area contributed by atoms with Crippen molar-refractivity contribution in [1.82, 2.24) is 14.1 Å². The van der Waals surface area contributed by atoms with E-state index in [4.69, 9.17) is 10.5 Å². The second kappa shape index (κ2) is 9.63. The van der Waals surface area contributed by atoms with Crippen molar-refractivity contribution in [3.63, 3.8) is 0 Å². The third kappa shape index (κ3) is 5.51. The first-order chi connectivity index (χ1) is 15.8. The number of hydrogen-bond donors (Lipinski definition) is 2. The van der Waals surface area contributed by atoms with Crippen molar-refractivity contribution in [3.05, 3.63) is 53.7 Å². The van der Waals surface area contributed by atoms with E-state index >= 15 is 0 Å². The zero-order valence-electron chi connectivity index (χ0n) is 20.1. The molecule has 3 N–H and O–H groups in total. The number of phenolic OH excluding ortho intramolecular Hbond substituents is 1. The molecule has 1 aromatic heterocycles. The van der Waals surface area contributed by atoms with Crippen molar-refractivity contribution in [1.29, 1.82) is 0 Å². The van der Waals surface area contributed by atoms with E-state index in [2.05, 4.69) is 25.9 Å². The number of amides is 1. The second-order valence-electron chi connectivity index (χ2n) is 9.56. The van der Waals surface area contributed by atoms with Crippen molar-refractivity contribution in [2.45, 2.75) is 51.6 Å². The van der Waals surface area contributed by atoms with Crippen LogP contribution in [0.4, 0.5) is 4.79 Å². The fraction of sp³-hybridized carbons (Fsp3) is 0.417. The maximum Gasteiger partial charge on any atom is 0.404 e. The minimum Gasteiger partial charge on any atom is -0.508 e. The number of rotatable bonds is 8. The van der Waals surface area contributed by atoms with E-state index in [-0.39, 0.29) is 28.7 Å². The molecule has 0 saturated heterocycles. The average molecular weight is 489 g/mol. The number of nitrogens with two attached hydrogens (primary N) is 1. The van der Waals surface area contributed by atoms with E-state index in [0.29, 0.717) is 29.6 Å². The van der Waals surface area contributed by atoms with Crippen LogP contribution in [-0.4, -0.2) is 53.4 Å². The highest BCUT2D eigenvalue weighted by Crippen LogP contribution is 2.31. The number of aryl methyl sites for hydroxylation is 1. The van der Waals surface area contributed by atoms with E-state index in [1.54, 1.807) is 30.3 Å². The Morgan fingerprint density at radius 2 is 1.85 bits per heavy atom. The number of aromatic nitrogens is 2. The molecule has 34 heavy (non-hydrogen) atoms. The number of carbonyl (C=O) groups is 1. The predicted molar refractivity (Wildman–Crippen MR) is 130 cm³/mol. The first kappa shape index (κ1) is 25.5. The molecule has 2 aromatic carbocycles. The number of benzene rings is 2. The van der Waals surface area contributed by atoms with Crippen LogP contribution in [0, 0.1) is 12.3 Å². The standard InChI is InChI=1S/C24H32N4O5S/c1-16-6-9-18(10-7-16)34(31,32)28-21-11-8-17(29)14-19(21)20(26-28)15-27(5)22(24(2,3)4)12-13-33-23(25)30/h6-11,14,22,29H,12-13,15H2,1-5H3,(H2,25,30). The third-order valence-corrected chi connectivity index (χ3v) is 7.42. The summed E-state index contributed by atoms with van der Waals surface area (Å²) in [6.45, 7) is 8.58. The monoisotopic (exact) mass is 488 g/mol. The summed E-state index contributed by atoms with van der Waals surface area (Å²) in [7, 11) is -2.04. The molecule has 1 amide bonds. The molecule has 0 aliphatic rings. The molecule has 0 bridgehead atoms. The van der Waals surface area contributed by atoms with Gasteiger partial charge in [-0.05, 0) is 56.1 Å². The van der Waals surface area contributed by atoms with Gasteiger partial charge in [-0.3, -0.25) is 4.90 Å². The maximum atomic E-state index is 13.4. The van der Waals surface area contributed by atoms with Gasteiger partial charge in [-0.1, -0.05) is 38.5 Å². The molecule has 10 heteroatoms. The Labute approximate surface area is 200 Å². The molecular formula is C24H32N4O5S. The molecule has 3 rings (SSSR count). The van der Waals surface area contributed by atoms with E-state index < -0.39 is 16.1 Å². The smallest absolute Gasteiger partial charge is 0.404 e. The van der Waals surface area contributed by atoms with Crippen LogP contribution < -0.4 is 5.73 Å². The summed E-state index contributed by atoms with van der Waals surface area (Å²) < 4.78 is 32.8. The highest BCUT2D eigenvalue weighted by Gasteiger charge is 2.30. The van der Waals surface area contributed by atoms with Gasteiger partial charge in [-0.2, -0.15) is 17.6 Å². The molecule has 184 valence electrons. The van der Waals surface area contributed by atoms with Gasteiger partial charge in [-0.25, -0.2) is 4.79 Å². The van der Waals surface area contributed by atoms with Crippen molar-refractivity contribution >= 4 is 27.0 Å². The van der Waals surface area contributed by atoms with Gasteiger partial charge in [0.15, 0.2) is 0 Å². The van der Waals surface area contributed by atoms with Crippen LogP contribution in [0.2, 0.25) is 0 Å². The quantitative estimate of drug-likeness (QED) is 0.496. The molecule has 1 atom stereocenters. The number of nitrogens with zero attached hydrogens (tertiary/aromatic N) is 3. The molecule has 0 fully saturated rings. The van der Waals surface area contributed by atoms with Gasteiger partial charge in [0.05, 0.1) is 22.7 Å². The number of carbonyl (C=O) groups excluding carboxylic acids is 1. The lowest BCUT2D eigenvalue weighted by Crippen LogP contribution is -2.42. The van der Waals surface area contributed by atoms with Gasteiger partial charge < -0.3 is 15.6 Å². The fourth-order valence-corrected chi connectivity index (χ4v) is 5.49. The van der Waals surface area contributed by atoms with Crippen LogP contribution in [0.1, 0.15) is 38.4 Å². The Morgan fingerprint density at radius 1 is 1.21 bits per heavy atom. The van der Waals surface area contributed by atoms with Gasteiger partial charge in [0, 0.05) is 18.0 Å². The summed E-state index contributed by atoms with van der Waals surface area (Å²) in [5.41, 5.74) is 6.76. The number of primary amides is 1. The van der Waals surface area contributed by atoms with E-state index in [9.17, 15) is 18.3 Å². The van der Waals surface area contributed by atoms with Crippen molar-refractivity contribution in [3.8, 4) is 5.75 Å². The Kier molecular flexibility index (Phi) is 7.23. The van der Waals surface area contributed by atoms with Gasteiger partial charge in [0.1, 0.15) is 5.75 Å². The highest BCUT2D eigenvalue weighted by atomic mass is 32.2. The number of hydrogen-bond acceptors (Lipinski definition) is 7. The van der Waals surface area contributed by atoms with Crippen LogP contribution in [0.5, 0.6) is 5.75 Å². The number of ether oxygens (including phenoxy) is 1. The molecule has 9 nitrogen and oxygen atoms in total. The number of fused-ring (bicyclic) bond motifs is 1. The lowest BCUT2D eigenvalue weighted by atomic mass is 9.84. The zero-order chi connectivity index (χ0) is 25.3. The molecule has 3 aromatic rings. The third-order valence-electron chi connectivity index (χ3n) is 5.82. The normalized spacial score (nSPS) is 13.4. The zero-order valence-corrected chi connectivity index (χ0v) is 21.0. The first-order valence-electron chi connectivity index (χ1n) is 11.0. The van der Waals surface area contributed by atoms with Crippen LogP contribution in [0.3, 0.4) is 0 Å². The van der Waals surface area contributed by atoms with Crippen LogP contribution in [-0.2, 0) is 21.3 Å². The summed E-state index contributed by atoms with van der Waals surface area (Å²) in [6.07, 6.45) is -0.286. The van der Waals surface area contributed by atoms with Crippen LogP contribution in [0.25, 0.3) is 10.9 Å². The van der Waals surface area contributed by atoms with Crippen LogP contribution in [0.15, 0.2) is 47.4 Å². The van der Waals surface area contributed by atoms with Crippen LogP contribution >= 0.6 is 0 Å². The highest BCUT2D eigenvalue weighted by molar-refractivity contribution is 7.90. The summed E-state index contributed by atoms with van der Waals surface area (Å²) in [5, 5.41) is 15.1. The van der Waals surface area contributed by atoms with Crippen molar-refractivity contribution < 1.29 is 23.1 Å². The molecule has 0 spiro atoms. The molecule has 0 aliphatic heterocycles. The van der Waals surface area contributed by atoms with Crippen molar-refractivity contribution in [2.24, 2.45) is 11.1 Å². The lowest BCUT2D eigenvalue weighted by molar-refractivity contribution is 0.0807. The Bertz CT molecular complexity index is 1280.